The molecule has 0 saturated heterocycles. The monoisotopic (exact) mass is 213 g/mol. The third-order valence-corrected chi connectivity index (χ3v) is 1.26. The summed E-state index contributed by atoms with van der Waals surface area (Å²) in [6, 6.07) is 0. The van der Waals surface area contributed by atoms with Crippen molar-refractivity contribution in [3.8, 4) is 0 Å². The smallest absolute Gasteiger partial charge is 0.218 e. The summed E-state index contributed by atoms with van der Waals surface area (Å²) in [5, 5.41) is 0. The van der Waals surface area contributed by atoms with E-state index in [0.717, 1.165) is 19.4 Å². The maximum Gasteiger partial charge on any atom is 0.218 e. The third kappa shape index (κ3) is 4.04. The Morgan fingerprint density at radius 3 is 2.57 bits per heavy atom. The van der Waals surface area contributed by atoms with Gasteiger partial charge in [-0.15, -0.1) is 0 Å². The molecule has 0 aromatic heterocycles. The molecule has 0 unspecified atom stereocenters. The molecule has 0 N–H and O–H groups in total. The Balaban J connectivity index is 2.98. The molecule has 0 aromatic rings. The van der Waals surface area contributed by atoms with Crippen LogP contribution in [0.4, 0.5) is 0 Å². The molecule has 0 aliphatic rings. The summed E-state index contributed by atoms with van der Waals surface area (Å²) in [7, 11) is 0. The summed E-state index contributed by atoms with van der Waals surface area (Å²) in [4.78, 5) is 9.81. The van der Waals surface area contributed by atoms with Gasteiger partial charge in [0.25, 0.3) is 0 Å². The highest BCUT2D eigenvalue weighted by Crippen LogP contribution is 1.93. The van der Waals surface area contributed by atoms with Gasteiger partial charge in [-0.2, -0.15) is 0 Å². The van der Waals surface area contributed by atoms with Gasteiger partial charge in [-0.25, -0.2) is 0 Å². The van der Waals surface area contributed by atoms with Crippen molar-refractivity contribution >= 4 is 29.3 Å². The lowest BCUT2D eigenvalue weighted by molar-refractivity contribution is -0.113. The minimum atomic E-state index is 0.823. The first kappa shape index (κ1) is 7.20. The molecule has 1 amide bonds. The van der Waals surface area contributed by atoms with Gasteiger partial charge >= 0.3 is 0 Å². The molecule has 0 fully saturated rings. The zero-order valence-corrected chi connectivity index (χ0v) is 6.38. The van der Waals surface area contributed by atoms with Crippen LogP contribution in [0.2, 0.25) is 0 Å². The molecule has 0 rings (SSSR count). The third-order valence-electron chi connectivity index (χ3n) is 0.552. The van der Waals surface area contributed by atoms with Crippen LogP contribution in [0, 0.1) is 0 Å². The summed E-state index contributed by atoms with van der Waals surface area (Å²) in [5.74, 6) is 0. The standard InChI is InChI=1S/C4H8INO/c1-2-3-6(5)4-7/h4H,2-3H2,1H3. The first-order chi connectivity index (χ1) is 3.31. The molecule has 42 valence electrons. The predicted octanol–water partition coefficient (Wildman–Crippen LogP) is 1.20. The van der Waals surface area contributed by atoms with Gasteiger partial charge in [0.2, 0.25) is 6.41 Å². The lowest BCUT2D eigenvalue weighted by Crippen LogP contribution is -2.07. The molecule has 2 nitrogen and oxygen atoms in total. The Morgan fingerprint density at radius 2 is 2.43 bits per heavy atom. The molecule has 0 radical (unpaired) electrons. The van der Waals surface area contributed by atoms with Crippen molar-refractivity contribution in [1.29, 1.82) is 0 Å². The molecule has 0 bridgehead atoms. The van der Waals surface area contributed by atoms with E-state index in [0.29, 0.717) is 0 Å². The maximum absolute atomic E-state index is 9.81. The number of hydrogen-bond acceptors (Lipinski definition) is 1. The first-order valence-corrected chi connectivity index (χ1v) is 3.15. The molecule has 7 heavy (non-hydrogen) atoms. The van der Waals surface area contributed by atoms with E-state index in [1.807, 2.05) is 29.8 Å². The highest BCUT2D eigenvalue weighted by atomic mass is 127. The van der Waals surface area contributed by atoms with E-state index in [1.165, 1.54) is 0 Å². The van der Waals surface area contributed by atoms with Crippen LogP contribution in [-0.2, 0) is 4.79 Å². The Hall–Kier alpha value is 0.200. The van der Waals surface area contributed by atoms with E-state index in [-0.39, 0.29) is 0 Å². The molecular weight excluding hydrogens is 205 g/mol. The minimum absolute atomic E-state index is 0.823. The summed E-state index contributed by atoms with van der Waals surface area (Å²) in [5.41, 5.74) is 0. The van der Waals surface area contributed by atoms with Gasteiger partial charge in [-0.1, -0.05) is 6.92 Å². The number of hydrogen-bond donors (Lipinski definition) is 0. The fourth-order valence-electron chi connectivity index (χ4n) is 0.266. The lowest BCUT2D eigenvalue weighted by atomic mass is 10.5. The molecule has 0 aliphatic carbocycles. The fourth-order valence-corrected chi connectivity index (χ4v) is 0.749. The van der Waals surface area contributed by atoms with Crippen LogP contribution in [0.15, 0.2) is 0 Å². The summed E-state index contributed by atoms with van der Waals surface area (Å²) in [6.45, 7) is 2.89. The second kappa shape index (κ2) is 4.36. The number of halogens is 1. The zero-order valence-electron chi connectivity index (χ0n) is 4.22. The molecular formula is C4H8INO. The Bertz CT molecular complexity index is 57.7. The summed E-state index contributed by atoms with van der Waals surface area (Å²) >= 11 is 1.97. The van der Waals surface area contributed by atoms with E-state index in [9.17, 15) is 4.79 Å². The van der Waals surface area contributed by atoms with Gasteiger partial charge in [-0.05, 0) is 6.42 Å². The van der Waals surface area contributed by atoms with Gasteiger partial charge < -0.3 is 0 Å². The highest BCUT2D eigenvalue weighted by Gasteiger charge is 1.87. The lowest BCUT2D eigenvalue weighted by Gasteiger charge is -2.01. The number of carbonyl (C=O) groups excluding carboxylic acids is 1. The largest absolute Gasteiger partial charge is 0.288 e. The SMILES string of the molecule is CCCN(I)C=O. The molecule has 0 aromatic carbocycles. The highest BCUT2D eigenvalue weighted by molar-refractivity contribution is 14.1. The molecule has 0 aliphatic heterocycles. The van der Waals surface area contributed by atoms with Crippen LogP contribution in [0.1, 0.15) is 13.3 Å². The van der Waals surface area contributed by atoms with E-state index in [2.05, 4.69) is 0 Å². The van der Waals surface area contributed by atoms with Gasteiger partial charge in [0.05, 0.1) is 22.9 Å². The van der Waals surface area contributed by atoms with E-state index in [4.69, 9.17) is 0 Å². The van der Waals surface area contributed by atoms with Crippen molar-refractivity contribution < 1.29 is 4.79 Å². The van der Waals surface area contributed by atoms with Crippen molar-refractivity contribution in [2.45, 2.75) is 13.3 Å². The Morgan fingerprint density at radius 1 is 1.86 bits per heavy atom. The molecule has 0 saturated carbocycles. The first-order valence-electron chi connectivity index (χ1n) is 2.19. The topological polar surface area (TPSA) is 20.3 Å². The van der Waals surface area contributed by atoms with Crippen molar-refractivity contribution in [1.82, 2.24) is 3.11 Å². The Labute approximate surface area is 57.4 Å². The molecule has 0 heterocycles. The van der Waals surface area contributed by atoms with Crippen LogP contribution in [0.5, 0.6) is 0 Å². The van der Waals surface area contributed by atoms with Gasteiger partial charge in [-0.3, -0.25) is 7.91 Å². The number of amides is 1. The summed E-state index contributed by atoms with van der Waals surface area (Å²) in [6.07, 6.45) is 1.85. The van der Waals surface area contributed by atoms with E-state index in [1.54, 1.807) is 3.11 Å². The quantitative estimate of drug-likeness (QED) is 0.392. The van der Waals surface area contributed by atoms with Crippen molar-refractivity contribution in [2.24, 2.45) is 0 Å². The average molecular weight is 213 g/mol. The minimum Gasteiger partial charge on any atom is -0.288 e. The second-order valence-electron chi connectivity index (χ2n) is 1.23. The van der Waals surface area contributed by atoms with Crippen LogP contribution < -0.4 is 0 Å². The number of nitrogens with zero attached hydrogens (tertiary/aromatic N) is 1. The normalized spacial score (nSPS) is 8.29. The molecule has 0 atom stereocenters. The maximum atomic E-state index is 9.81. The Kier molecular flexibility index (Phi) is 4.49. The number of rotatable bonds is 3. The zero-order chi connectivity index (χ0) is 5.70. The predicted molar refractivity (Wildman–Crippen MR) is 37.1 cm³/mol. The number of carbonyl (C=O) groups is 1. The van der Waals surface area contributed by atoms with Crippen LogP contribution in [0.25, 0.3) is 0 Å². The summed E-state index contributed by atoms with van der Waals surface area (Å²) < 4.78 is 1.60. The molecule has 3 heteroatoms. The van der Waals surface area contributed by atoms with Crippen LogP contribution >= 0.6 is 22.9 Å². The van der Waals surface area contributed by atoms with Crippen LogP contribution in [0.3, 0.4) is 0 Å². The van der Waals surface area contributed by atoms with Gasteiger partial charge in [0.15, 0.2) is 0 Å². The second-order valence-corrected chi connectivity index (χ2v) is 2.47. The van der Waals surface area contributed by atoms with Gasteiger partial charge in [0.1, 0.15) is 0 Å². The van der Waals surface area contributed by atoms with Crippen molar-refractivity contribution in [3.63, 3.8) is 0 Å². The van der Waals surface area contributed by atoms with Crippen molar-refractivity contribution in [3.05, 3.63) is 0 Å². The fraction of sp³-hybridized carbons (Fsp3) is 0.750. The van der Waals surface area contributed by atoms with Crippen molar-refractivity contribution in [2.75, 3.05) is 6.54 Å². The van der Waals surface area contributed by atoms with Gasteiger partial charge in [0, 0.05) is 6.54 Å². The van der Waals surface area contributed by atoms with Crippen LogP contribution in [-0.4, -0.2) is 16.1 Å². The average Bonchev–Trinajstić information content (AvgIpc) is 1.68. The van der Waals surface area contributed by atoms with E-state index < -0.39 is 0 Å². The van der Waals surface area contributed by atoms with E-state index >= 15 is 0 Å². The molecule has 0 spiro atoms.